The van der Waals surface area contributed by atoms with Gasteiger partial charge in [-0.2, -0.15) is 0 Å². The molecule has 0 saturated carbocycles. The van der Waals surface area contributed by atoms with Crippen LogP contribution in [-0.2, 0) is 6.42 Å². The first kappa shape index (κ1) is 6.08. The van der Waals surface area contributed by atoms with E-state index in [4.69, 9.17) is 4.42 Å². The minimum atomic E-state index is 0.604. The second kappa shape index (κ2) is 2.49. The van der Waals surface area contributed by atoms with Gasteiger partial charge in [-0.25, -0.2) is 4.98 Å². The zero-order chi connectivity index (χ0) is 6.69. The van der Waals surface area contributed by atoms with Gasteiger partial charge in [-0.15, -0.1) is 0 Å². The lowest BCUT2D eigenvalue weighted by Crippen LogP contribution is -1.76. The number of oxazole rings is 1. The molecule has 0 amide bonds. The average molecular weight is 123 g/mol. The summed E-state index contributed by atoms with van der Waals surface area (Å²) in [6.45, 7) is 5.55. The van der Waals surface area contributed by atoms with E-state index in [9.17, 15) is 0 Å². The molecule has 0 bridgehead atoms. The van der Waals surface area contributed by atoms with Crippen LogP contribution in [0.3, 0.4) is 0 Å². The van der Waals surface area contributed by atoms with Gasteiger partial charge in [-0.1, -0.05) is 13.5 Å². The summed E-state index contributed by atoms with van der Waals surface area (Å²) in [7, 11) is 0. The van der Waals surface area contributed by atoms with Crippen LogP contribution in [0.4, 0.5) is 0 Å². The number of aryl methyl sites for hydroxylation is 1. The maximum Gasteiger partial charge on any atom is 0.218 e. The van der Waals surface area contributed by atoms with Crippen molar-refractivity contribution in [3.05, 3.63) is 24.4 Å². The summed E-state index contributed by atoms with van der Waals surface area (Å²) in [6.07, 6.45) is 4.16. The SMILES string of the molecule is C=Cc1nc(CC)co1. The highest BCUT2D eigenvalue weighted by atomic mass is 16.3. The van der Waals surface area contributed by atoms with Crippen LogP contribution in [0.2, 0.25) is 0 Å². The van der Waals surface area contributed by atoms with Gasteiger partial charge >= 0.3 is 0 Å². The molecule has 2 heteroatoms. The number of aromatic nitrogens is 1. The number of nitrogens with zero attached hydrogens (tertiary/aromatic N) is 1. The molecule has 0 fully saturated rings. The van der Waals surface area contributed by atoms with Crippen LogP contribution in [0, 0.1) is 0 Å². The summed E-state index contributed by atoms with van der Waals surface area (Å²) >= 11 is 0. The molecule has 0 saturated heterocycles. The first-order valence-electron chi connectivity index (χ1n) is 2.93. The molecule has 1 aromatic rings. The third-order valence-electron chi connectivity index (χ3n) is 1.11. The van der Waals surface area contributed by atoms with E-state index in [1.807, 2.05) is 6.92 Å². The average Bonchev–Trinajstić information content (AvgIpc) is 2.34. The second-order valence-corrected chi connectivity index (χ2v) is 1.73. The molecule has 0 aromatic carbocycles. The largest absolute Gasteiger partial charge is 0.445 e. The minimum Gasteiger partial charge on any atom is -0.445 e. The summed E-state index contributed by atoms with van der Waals surface area (Å²) < 4.78 is 4.98. The van der Waals surface area contributed by atoms with Crippen molar-refractivity contribution >= 4 is 6.08 Å². The van der Waals surface area contributed by atoms with Crippen LogP contribution in [0.25, 0.3) is 6.08 Å². The number of rotatable bonds is 2. The van der Waals surface area contributed by atoms with Crippen molar-refractivity contribution in [3.63, 3.8) is 0 Å². The lowest BCUT2D eigenvalue weighted by atomic mass is 10.4. The fourth-order valence-corrected chi connectivity index (χ4v) is 0.579. The third-order valence-corrected chi connectivity index (χ3v) is 1.11. The fourth-order valence-electron chi connectivity index (χ4n) is 0.579. The van der Waals surface area contributed by atoms with Crippen molar-refractivity contribution < 1.29 is 4.42 Å². The molecule has 9 heavy (non-hydrogen) atoms. The van der Waals surface area contributed by atoms with E-state index in [2.05, 4.69) is 11.6 Å². The number of hydrogen-bond acceptors (Lipinski definition) is 2. The molecule has 0 unspecified atom stereocenters. The fraction of sp³-hybridized carbons (Fsp3) is 0.286. The van der Waals surface area contributed by atoms with Crippen molar-refractivity contribution in [2.45, 2.75) is 13.3 Å². The Kier molecular flexibility index (Phi) is 1.68. The van der Waals surface area contributed by atoms with Crippen molar-refractivity contribution in [3.8, 4) is 0 Å². The van der Waals surface area contributed by atoms with Crippen molar-refractivity contribution in [2.24, 2.45) is 0 Å². The van der Waals surface area contributed by atoms with Crippen LogP contribution >= 0.6 is 0 Å². The van der Waals surface area contributed by atoms with Gasteiger partial charge in [0.1, 0.15) is 6.26 Å². The molecule has 0 aliphatic heterocycles. The van der Waals surface area contributed by atoms with Crippen molar-refractivity contribution in [2.75, 3.05) is 0 Å². The molecule has 0 aliphatic carbocycles. The summed E-state index contributed by atoms with van der Waals surface area (Å²) in [5, 5.41) is 0. The highest BCUT2D eigenvalue weighted by Crippen LogP contribution is 2.02. The minimum absolute atomic E-state index is 0.604. The van der Waals surface area contributed by atoms with Crippen LogP contribution in [0.15, 0.2) is 17.3 Å². The predicted octanol–water partition coefficient (Wildman–Crippen LogP) is 1.88. The Balaban J connectivity index is 2.86. The molecule has 0 aliphatic rings. The highest BCUT2D eigenvalue weighted by molar-refractivity contribution is 5.33. The van der Waals surface area contributed by atoms with E-state index in [1.165, 1.54) is 0 Å². The first-order valence-corrected chi connectivity index (χ1v) is 2.93. The normalized spacial score (nSPS) is 9.44. The summed E-state index contributed by atoms with van der Waals surface area (Å²) in [5.41, 5.74) is 0.977. The second-order valence-electron chi connectivity index (χ2n) is 1.73. The first-order chi connectivity index (χ1) is 4.36. The summed E-state index contributed by atoms with van der Waals surface area (Å²) in [6, 6.07) is 0. The van der Waals surface area contributed by atoms with Gasteiger partial charge in [0.25, 0.3) is 0 Å². The van der Waals surface area contributed by atoms with Crippen LogP contribution < -0.4 is 0 Å². The monoisotopic (exact) mass is 123 g/mol. The van der Waals surface area contributed by atoms with Gasteiger partial charge in [0.15, 0.2) is 0 Å². The molecule has 48 valence electrons. The molecule has 0 atom stereocenters. The Morgan fingerprint density at radius 3 is 3.00 bits per heavy atom. The highest BCUT2D eigenvalue weighted by Gasteiger charge is 1.94. The van der Waals surface area contributed by atoms with Crippen molar-refractivity contribution in [1.82, 2.24) is 4.98 Å². The Hall–Kier alpha value is -1.05. The van der Waals surface area contributed by atoms with Crippen LogP contribution in [0.5, 0.6) is 0 Å². The standard InChI is InChI=1S/C7H9NO/c1-3-6-5-9-7(4-2)8-6/h4-5H,2-3H2,1H3. The molecule has 1 rings (SSSR count). The van der Waals surface area contributed by atoms with Gasteiger partial charge in [-0.3, -0.25) is 0 Å². The van der Waals surface area contributed by atoms with E-state index in [0.29, 0.717) is 5.89 Å². The molecule has 1 heterocycles. The van der Waals surface area contributed by atoms with E-state index in [0.717, 1.165) is 12.1 Å². The molecular weight excluding hydrogens is 114 g/mol. The predicted molar refractivity (Wildman–Crippen MR) is 36.0 cm³/mol. The van der Waals surface area contributed by atoms with Gasteiger partial charge in [0.2, 0.25) is 5.89 Å². The quantitative estimate of drug-likeness (QED) is 0.600. The topological polar surface area (TPSA) is 26.0 Å². The smallest absolute Gasteiger partial charge is 0.218 e. The zero-order valence-corrected chi connectivity index (χ0v) is 5.42. The van der Waals surface area contributed by atoms with Gasteiger partial charge in [-0.05, 0) is 12.5 Å². The lowest BCUT2D eigenvalue weighted by molar-refractivity contribution is 0.545. The molecule has 0 spiro atoms. The van der Waals surface area contributed by atoms with Crippen molar-refractivity contribution in [1.29, 1.82) is 0 Å². The zero-order valence-electron chi connectivity index (χ0n) is 5.42. The van der Waals surface area contributed by atoms with Crippen LogP contribution in [-0.4, -0.2) is 4.98 Å². The van der Waals surface area contributed by atoms with E-state index >= 15 is 0 Å². The molecule has 0 N–H and O–H groups in total. The third kappa shape index (κ3) is 1.19. The maximum absolute atomic E-state index is 4.98. The van der Waals surface area contributed by atoms with Gasteiger partial charge < -0.3 is 4.42 Å². The molecule has 1 aromatic heterocycles. The number of hydrogen-bond donors (Lipinski definition) is 0. The summed E-state index contributed by atoms with van der Waals surface area (Å²) in [5.74, 6) is 0.604. The Morgan fingerprint density at radius 2 is 2.67 bits per heavy atom. The lowest BCUT2D eigenvalue weighted by Gasteiger charge is -1.77. The Morgan fingerprint density at radius 1 is 1.89 bits per heavy atom. The van der Waals surface area contributed by atoms with E-state index in [1.54, 1.807) is 12.3 Å². The van der Waals surface area contributed by atoms with E-state index < -0.39 is 0 Å². The summed E-state index contributed by atoms with van der Waals surface area (Å²) in [4.78, 5) is 4.06. The Bertz CT molecular complexity index is 202. The maximum atomic E-state index is 4.98. The van der Waals surface area contributed by atoms with E-state index in [-0.39, 0.29) is 0 Å². The molecule has 2 nitrogen and oxygen atoms in total. The van der Waals surface area contributed by atoms with Crippen LogP contribution in [0.1, 0.15) is 18.5 Å². The van der Waals surface area contributed by atoms with Gasteiger partial charge in [0, 0.05) is 0 Å². The molecular formula is C7H9NO. The van der Waals surface area contributed by atoms with Gasteiger partial charge in [0.05, 0.1) is 5.69 Å². The Labute approximate surface area is 54.2 Å². The molecule has 0 radical (unpaired) electrons.